The fraction of sp³-hybridized carbons (Fsp3) is 0.304. The first-order valence-electron chi connectivity index (χ1n) is 9.40. The molecule has 28 heavy (non-hydrogen) atoms. The monoisotopic (exact) mass is 380 g/mol. The fourth-order valence-electron chi connectivity index (χ4n) is 2.88. The number of hydrogen-bond donors (Lipinski definition) is 0. The summed E-state index contributed by atoms with van der Waals surface area (Å²) in [7, 11) is 0. The van der Waals surface area contributed by atoms with E-state index in [-0.39, 0.29) is 11.5 Å². The molecule has 0 fully saturated rings. The van der Waals surface area contributed by atoms with Gasteiger partial charge >= 0.3 is 5.97 Å². The Labute approximate surface area is 164 Å². The molecule has 0 amide bonds. The van der Waals surface area contributed by atoms with E-state index >= 15 is 0 Å². The van der Waals surface area contributed by atoms with Gasteiger partial charge in [0.05, 0.1) is 12.2 Å². The smallest absolute Gasteiger partial charge is 0.347 e. The molecule has 0 unspecified atom stereocenters. The van der Waals surface area contributed by atoms with Crippen LogP contribution in [-0.2, 0) is 9.53 Å². The molecule has 0 aromatic heterocycles. The summed E-state index contributed by atoms with van der Waals surface area (Å²) in [5.74, 6) is 0.963. The normalized spacial score (nSPS) is 15.3. The second-order valence-electron chi connectivity index (χ2n) is 6.93. The van der Waals surface area contributed by atoms with Crippen LogP contribution in [0.15, 0.2) is 48.2 Å². The summed E-state index contributed by atoms with van der Waals surface area (Å²) in [4.78, 5) is 24.3. The summed E-state index contributed by atoms with van der Waals surface area (Å²) in [6.07, 6.45) is 0.985. The SMILES string of the molecule is CCOC(=O)[C@H](C)Oc1ccc2c(c1)OC(=Cc1ccc(C(C)C)cc1)C2=O. The van der Waals surface area contributed by atoms with Crippen molar-refractivity contribution in [2.24, 2.45) is 0 Å². The first-order chi connectivity index (χ1) is 13.4. The molecule has 0 spiro atoms. The molecule has 1 aliphatic rings. The number of carbonyl (C=O) groups is 2. The minimum atomic E-state index is -0.746. The van der Waals surface area contributed by atoms with E-state index in [0.29, 0.717) is 29.6 Å². The molecule has 146 valence electrons. The molecule has 1 aliphatic heterocycles. The highest BCUT2D eigenvalue weighted by Gasteiger charge is 2.28. The average Bonchev–Trinajstić information content (AvgIpc) is 2.97. The molecule has 1 heterocycles. The molecule has 0 aliphatic carbocycles. The van der Waals surface area contributed by atoms with Crippen molar-refractivity contribution in [3.63, 3.8) is 0 Å². The van der Waals surface area contributed by atoms with Crippen LogP contribution in [0.5, 0.6) is 11.5 Å². The van der Waals surface area contributed by atoms with Crippen LogP contribution in [0.2, 0.25) is 0 Å². The van der Waals surface area contributed by atoms with E-state index in [1.807, 2.05) is 24.3 Å². The van der Waals surface area contributed by atoms with Crippen molar-refractivity contribution in [2.75, 3.05) is 6.61 Å². The van der Waals surface area contributed by atoms with Crippen LogP contribution in [-0.4, -0.2) is 24.5 Å². The number of benzene rings is 2. The van der Waals surface area contributed by atoms with E-state index in [1.54, 1.807) is 38.1 Å². The van der Waals surface area contributed by atoms with E-state index in [0.717, 1.165) is 5.56 Å². The molecule has 0 radical (unpaired) electrons. The van der Waals surface area contributed by atoms with Gasteiger partial charge in [-0.1, -0.05) is 38.1 Å². The number of ether oxygens (including phenoxy) is 3. The number of fused-ring (bicyclic) bond motifs is 1. The highest BCUT2D eigenvalue weighted by molar-refractivity contribution is 6.14. The van der Waals surface area contributed by atoms with Crippen molar-refractivity contribution in [3.8, 4) is 11.5 Å². The number of carbonyl (C=O) groups excluding carboxylic acids is 2. The quantitative estimate of drug-likeness (QED) is 0.534. The molecule has 3 rings (SSSR count). The van der Waals surface area contributed by atoms with Crippen molar-refractivity contribution in [3.05, 3.63) is 64.9 Å². The highest BCUT2D eigenvalue weighted by Crippen LogP contribution is 2.35. The summed E-state index contributed by atoms with van der Waals surface area (Å²) in [6.45, 7) is 7.92. The average molecular weight is 380 g/mol. The number of ketones is 1. The largest absolute Gasteiger partial charge is 0.479 e. The van der Waals surface area contributed by atoms with Gasteiger partial charge in [0.1, 0.15) is 11.5 Å². The van der Waals surface area contributed by atoms with Crippen molar-refractivity contribution in [2.45, 2.75) is 39.7 Å². The first kappa shape index (κ1) is 19.7. The van der Waals surface area contributed by atoms with Gasteiger partial charge in [-0.15, -0.1) is 0 Å². The standard InChI is InChI=1S/C23H24O5/c1-5-26-23(25)15(4)27-18-10-11-19-20(13-18)28-21(22(19)24)12-16-6-8-17(9-7-16)14(2)3/h6-15H,5H2,1-4H3/t15-/m0/s1. The molecular formula is C23H24O5. The van der Waals surface area contributed by atoms with Gasteiger partial charge in [0.2, 0.25) is 5.78 Å². The summed E-state index contributed by atoms with van der Waals surface area (Å²) >= 11 is 0. The Bertz CT molecular complexity index is 909. The van der Waals surface area contributed by atoms with Crippen molar-refractivity contribution < 1.29 is 23.8 Å². The third kappa shape index (κ3) is 4.25. The van der Waals surface area contributed by atoms with Crippen LogP contribution in [0, 0.1) is 0 Å². The Morgan fingerprint density at radius 1 is 1.11 bits per heavy atom. The van der Waals surface area contributed by atoms with Crippen LogP contribution in [0.4, 0.5) is 0 Å². The van der Waals surface area contributed by atoms with E-state index < -0.39 is 12.1 Å². The topological polar surface area (TPSA) is 61.8 Å². The summed E-state index contributed by atoms with van der Waals surface area (Å²) in [6, 6.07) is 12.9. The van der Waals surface area contributed by atoms with Gasteiger partial charge in [-0.25, -0.2) is 4.79 Å². The summed E-state index contributed by atoms with van der Waals surface area (Å²) < 4.78 is 16.3. The van der Waals surface area contributed by atoms with Crippen molar-refractivity contribution >= 4 is 17.8 Å². The maximum atomic E-state index is 12.6. The van der Waals surface area contributed by atoms with Gasteiger partial charge in [0.15, 0.2) is 11.9 Å². The molecule has 0 saturated carbocycles. The molecule has 2 aromatic rings. The highest BCUT2D eigenvalue weighted by atomic mass is 16.6. The van der Waals surface area contributed by atoms with Gasteiger partial charge in [-0.05, 0) is 49.1 Å². The zero-order valence-corrected chi connectivity index (χ0v) is 16.5. The van der Waals surface area contributed by atoms with E-state index in [4.69, 9.17) is 14.2 Å². The Kier molecular flexibility index (Phi) is 5.83. The van der Waals surface area contributed by atoms with Crippen LogP contribution in [0.3, 0.4) is 0 Å². The molecule has 5 heteroatoms. The number of allylic oxidation sites excluding steroid dienone is 1. The zero-order valence-electron chi connectivity index (χ0n) is 16.5. The van der Waals surface area contributed by atoms with Gasteiger partial charge in [-0.2, -0.15) is 0 Å². The third-order valence-corrected chi connectivity index (χ3v) is 4.47. The van der Waals surface area contributed by atoms with Crippen molar-refractivity contribution in [1.29, 1.82) is 0 Å². The zero-order chi connectivity index (χ0) is 20.3. The van der Waals surface area contributed by atoms with Crippen LogP contribution < -0.4 is 9.47 Å². The van der Waals surface area contributed by atoms with Crippen LogP contribution >= 0.6 is 0 Å². The lowest BCUT2D eigenvalue weighted by molar-refractivity contribution is -0.150. The van der Waals surface area contributed by atoms with Crippen molar-refractivity contribution in [1.82, 2.24) is 0 Å². The summed E-state index contributed by atoms with van der Waals surface area (Å²) in [5, 5.41) is 0. The predicted octanol–water partition coefficient (Wildman–Crippen LogP) is 4.76. The van der Waals surface area contributed by atoms with E-state index in [1.165, 1.54) is 5.56 Å². The molecule has 0 bridgehead atoms. The van der Waals surface area contributed by atoms with Gasteiger partial charge in [-0.3, -0.25) is 4.79 Å². The molecule has 0 N–H and O–H groups in total. The lowest BCUT2D eigenvalue weighted by Gasteiger charge is -2.13. The lowest BCUT2D eigenvalue weighted by atomic mass is 10.0. The maximum Gasteiger partial charge on any atom is 0.347 e. The molecule has 5 nitrogen and oxygen atoms in total. The lowest BCUT2D eigenvalue weighted by Crippen LogP contribution is -2.26. The molecule has 0 saturated heterocycles. The summed E-state index contributed by atoms with van der Waals surface area (Å²) in [5.41, 5.74) is 2.61. The molecule has 2 aromatic carbocycles. The van der Waals surface area contributed by atoms with Gasteiger partial charge in [0.25, 0.3) is 0 Å². The number of hydrogen-bond acceptors (Lipinski definition) is 5. The van der Waals surface area contributed by atoms with Gasteiger partial charge < -0.3 is 14.2 Å². The van der Waals surface area contributed by atoms with Gasteiger partial charge in [0, 0.05) is 6.07 Å². The first-order valence-corrected chi connectivity index (χ1v) is 9.40. The Balaban J connectivity index is 1.76. The van der Waals surface area contributed by atoms with E-state index in [2.05, 4.69) is 13.8 Å². The van der Waals surface area contributed by atoms with E-state index in [9.17, 15) is 9.59 Å². The number of Topliss-reactive ketones (excluding diaryl/α,β-unsaturated/α-hetero) is 1. The molecule has 1 atom stereocenters. The minimum Gasteiger partial charge on any atom is -0.479 e. The second-order valence-corrected chi connectivity index (χ2v) is 6.93. The fourth-order valence-corrected chi connectivity index (χ4v) is 2.88. The third-order valence-electron chi connectivity index (χ3n) is 4.47. The minimum absolute atomic E-state index is 0.173. The Morgan fingerprint density at radius 2 is 1.82 bits per heavy atom. The maximum absolute atomic E-state index is 12.6. The second kappa shape index (κ2) is 8.30. The van der Waals surface area contributed by atoms with Crippen LogP contribution in [0.25, 0.3) is 6.08 Å². The predicted molar refractivity (Wildman–Crippen MR) is 107 cm³/mol. The Hall–Kier alpha value is -3.08. The van der Waals surface area contributed by atoms with Crippen LogP contribution in [0.1, 0.15) is 55.1 Å². The Morgan fingerprint density at radius 3 is 2.46 bits per heavy atom. The molecular weight excluding hydrogens is 356 g/mol. The number of esters is 1. The number of rotatable bonds is 6.